The number of rotatable bonds is 4. The lowest BCUT2D eigenvalue weighted by atomic mass is 10.0. The third kappa shape index (κ3) is 4.34. The molecular weight excluding hydrogens is 382 g/mol. The van der Waals surface area contributed by atoms with Crippen LogP contribution in [0.2, 0.25) is 0 Å². The zero-order chi connectivity index (χ0) is 21.1. The predicted molar refractivity (Wildman–Crippen MR) is 113 cm³/mol. The van der Waals surface area contributed by atoms with Gasteiger partial charge in [-0.25, -0.2) is 0 Å². The summed E-state index contributed by atoms with van der Waals surface area (Å²) in [6.45, 7) is 5.17. The quantitative estimate of drug-likeness (QED) is 0.716. The number of morpholine rings is 1. The molecule has 3 heterocycles. The van der Waals surface area contributed by atoms with E-state index in [1.807, 2.05) is 43.3 Å². The van der Waals surface area contributed by atoms with E-state index in [0.29, 0.717) is 25.3 Å². The van der Waals surface area contributed by atoms with Crippen LogP contribution in [0, 0.1) is 0 Å². The number of hydrogen-bond acceptors (Lipinski definition) is 6. The summed E-state index contributed by atoms with van der Waals surface area (Å²) in [5.41, 5.74) is 4.17. The highest BCUT2D eigenvalue weighted by molar-refractivity contribution is 6.01. The largest absolute Gasteiger partial charge is 0.371 e. The van der Waals surface area contributed by atoms with Crippen LogP contribution in [0.3, 0.4) is 0 Å². The van der Waals surface area contributed by atoms with Crippen molar-refractivity contribution in [3.05, 3.63) is 65.5 Å². The molecule has 0 aliphatic carbocycles. The SMILES string of the molecule is CC(=O)Nc1ccc([C@H]2CN(C3NC(=O)C(C)=C(c4ccncc4)N3)CCO2)cc1. The van der Waals surface area contributed by atoms with E-state index in [-0.39, 0.29) is 24.2 Å². The standard InChI is InChI=1S/C22H25N5O3/c1-14-20(17-7-9-23-10-8-17)25-22(26-21(14)29)27-11-12-30-19(13-27)16-3-5-18(6-4-16)24-15(2)28/h3-10,19,22,25H,11-13H2,1-2H3,(H,24,28)(H,26,29)/t19-,22?/m1/s1. The number of aromatic nitrogens is 1. The van der Waals surface area contributed by atoms with Crippen LogP contribution < -0.4 is 16.0 Å². The smallest absolute Gasteiger partial charge is 0.251 e. The molecule has 2 atom stereocenters. The van der Waals surface area contributed by atoms with Gasteiger partial charge in [0.25, 0.3) is 5.91 Å². The Morgan fingerprint density at radius 2 is 1.90 bits per heavy atom. The summed E-state index contributed by atoms with van der Waals surface area (Å²) >= 11 is 0. The predicted octanol–water partition coefficient (Wildman–Crippen LogP) is 1.85. The molecule has 2 aliphatic heterocycles. The highest BCUT2D eigenvalue weighted by atomic mass is 16.5. The maximum absolute atomic E-state index is 12.6. The summed E-state index contributed by atoms with van der Waals surface area (Å²) in [5, 5.41) is 9.27. The van der Waals surface area contributed by atoms with E-state index in [9.17, 15) is 9.59 Å². The zero-order valence-corrected chi connectivity index (χ0v) is 17.0. The summed E-state index contributed by atoms with van der Waals surface area (Å²) in [6.07, 6.45) is 2.98. The minimum absolute atomic E-state index is 0.0896. The van der Waals surface area contributed by atoms with Crippen LogP contribution in [-0.2, 0) is 14.3 Å². The van der Waals surface area contributed by atoms with Crippen molar-refractivity contribution in [1.82, 2.24) is 20.5 Å². The first-order chi connectivity index (χ1) is 14.5. The normalized spacial score (nSPS) is 22.3. The van der Waals surface area contributed by atoms with Crippen molar-refractivity contribution in [3.63, 3.8) is 0 Å². The molecule has 0 saturated carbocycles. The molecule has 0 radical (unpaired) electrons. The van der Waals surface area contributed by atoms with E-state index in [0.717, 1.165) is 22.5 Å². The van der Waals surface area contributed by atoms with Crippen LogP contribution in [0.5, 0.6) is 0 Å². The third-order valence-electron chi connectivity index (χ3n) is 5.30. The van der Waals surface area contributed by atoms with Gasteiger partial charge in [-0.1, -0.05) is 12.1 Å². The van der Waals surface area contributed by atoms with Gasteiger partial charge in [-0.15, -0.1) is 0 Å². The summed E-state index contributed by atoms with van der Waals surface area (Å²) in [4.78, 5) is 30.0. The van der Waals surface area contributed by atoms with E-state index in [1.165, 1.54) is 6.92 Å². The van der Waals surface area contributed by atoms with Gasteiger partial charge in [-0.2, -0.15) is 0 Å². The highest BCUT2D eigenvalue weighted by Crippen LogP contribution is 2.26. The average molecular weight is 407 g/mol. The molecule has 30 heavy (non-hydrogen) atoms. The molecule has 0 spiro atoms. The van der Waals surface area contributed by atoms with E-state index in [1.54, 1.807) is 12.4 Å². The molecule has 1 saturated heterocycles. The average Bonchev–Trinajstić information content (AvgIpc) is 2.76. The number of ether oxygens (including phenoxy) is 1. The lowest BCUT2D eigenvalue weighted by Gasteiger charge is -2.41. The Bertz CT molecular complexity index is 958. The van der Waals surface area contributed by atoms with Crippen molar-refractivity contribution in [2.75, 3.05) is 25.0 Å². The number of pyridine rings is 1. The van der Waals surface area contributed by atoms with Gasteiger partial charge in [0.2, 0.25) is 5.91 Å². The van der Waals surface area contributed by atoms with Gasteiger partial charge in [0.15, 0.2) is 6.29 Å². The first kappa shape index (κ1) is 20.1. The first-order valence-corrected chi connectivity index (χ1v) is 9.93. The monoisotopic (exact) mass is 407 g/mol. The molecule has 2 aromatic rings. The molecular formula is C22H25N5O3. The van der Waals surface area contributed by atoms with Crippen molar-refractivity contribution >= 4 is 23.2 Å². The van der Waals surface area contributed by atoms with E-state index in [2.05, 4.69) is 25.8 Å². The van der Waals surface area contributed by atoms with Crippen molar-refractivity contribution in [2.24, 2.45) is 0 Å². The zero-order valence-electron chi connectivity index (χ0n) is 17.0. The Balaban J connectivity index is 1.48. The van der Waals surface area contributed by atoms with Gasteiger partial charge in [0, 0.05) is 49.2 Å². The molecule has 8 heteroatoms. The fraction of sp³-hybridized carbons (Fsp3) is 0.318. The Kier molecular flexibility index (Phi) is 5.78. The number of hydrogen-bond donors (Lipinski definition) is 3. The molecule has 2 amide bonds. The van der Waals surface area contributed by atoms with Crippen molar-refractivity contribution in [2.45, 2.75) is 26.2 Å². The highest BCUT2D eigenvalue weighted by Gasteiger charge is 2.32. The lowest BCUT2D eigenvalue weighted by Crippen LogP contribution is -2.61. The summed E-state index contributed by atoms with van der Waals surface area (Å²) in [7, 11) is 0. The van der Waals surface area contributed by atoms with Crippen LogP contribution in [0.25, 0.3) is 5.70 Å². The Hall–Kier alpha value is -3.23. The molecule has 8 nitrogen and oxygen atoms in total. The van der Waals surface area contributed by atoms with Gasteiger partial charge in [-0.05, 0) is 36.8 Å². The van der Waals surface area contributed by atoms with Gasteiger partial charge < -0.3 is 20.7 Å². The number of anilines is 1. The molecule has 156 valence electrons. The maximum atomic E-state index is 12.6. The minimum atomic E-state index is -0.325. The van der Waals surface area contributed by atoms with Gasteiger partial charge in [0.1, 0.15) is 0 Å². The van der Waals surface area contributed by atoms with E-state index < -0.39 is 0 Å². The number of nitrogens with one attached hydrogen (secondary N) is 3. The summed E-state index contributed by atoms with van der Waals surface area (Å²) in [6, 6.07) is 11.4. The van der Waals surface area contributed by atoms with E-state index in [4.69, 9.17) is 4.74 Å². The number of carbonyl (C=O) groups is 2. The Labute approximate surface area is 175 Å². The molecule has 2 aliphatic rings. The topological polar surface area (TPSA) is 95.6 Å². The third-order valence-corrected chi connectivity index (χ3v) is 5.30. The molecule has 1 unspecified atom stereocenters. The van der Waals surface area contributed by atoms with Crippen LogP contribution >= 0.6 is 0 Å². The van der Waals surface area contributed by atoms with Crippen molar-refractivity contribution in [1.29, 1.82) is 0 Å². The molecule has 3 N–H and O–H groups in total. The number of amides is 2. The van der Waals surface area contributed by atoms with Crippen molar-refractivity contribution in [3.8, 4) is 0 Å². The second kappa shape index (κ2) is 8.64. The van der Waals surface area contributed by atoms with Gasteiger partial charge in [0.05, 0.1) is 18.4 Å². The maximum Gasteiger partial charge on any atom is 0.251 e. The van der Waals surface area contributed by atoms with E-state index >= 15 is 0 Å². The fourth-order valence-corrected chi connectivity index (χ4v) is 3.72. The summed E-state index contributed by atoms with van der Waals surface area (Å²) < 4.78 is 5.98. The Morgan fingerprint density at radius 1 is 1.17 bits per heavy atom. The van der Waals surface area contributed by atoms with Crippen LogP contribution in [0.15, 0.2) is 54.4 Å². The number of nitrogens with zero attached hydrogens (tertiary/aromatic N) is 2. The second-order valence-corrected chi connectivity index (χ2v) is 7.41. The molecule has 4 rings (SSSR count). The van der Waals surface area contributed by atoms with Crippen LogP contribution in [0.1, 0.15) is 31.1 Å². The molecule has 1 fully saturated rings. The first-order valence-electron chi connectivity index (χ1n) is 9.93. The minimum Gasteiger partial charge on any atom is -0.371 e. The second-order valence-electron chi connectivity index (χ2n) is 7.41. The van der Waals surface area contributed by atoms with Gasteiger partial charge in [-0.3, -0.25) is 19.5 Å². The molecule has 1 aromatic heterocycles. The fourth-order valence-electron chi connectivity index (χ4n) is 3.72. The number of benzene rings is 1. The van der Waals surface area contributed by atoms with Gasteiger partial charge >= 0.3 is 0 Å². The van der Waals surface area contributed by atoms with Crippen molar-refractivity contribution < 1.29 is 14.3 Å². The van der Waals surface area contributed by atoms with Crippen LogP contribution in [0.4, 0.5) is 5.69 Å². The lowest BCUT2D eigenvalue weighted by molar-refractivity contribution is -0.122. The Morgan fingerprint density at radius 3 is 2.60 bits per heavy atom. The molecule has 0 bridgehead atoms. The number of carbonyl (C=O) groups excluding carboxylic acids is 2. The van der Waals surface area contributed by atoms with Crippen LogP contribution in [-0.4, -0.2) is 47.7 Å². The summed E-state index contributed by atoms with van der Waals surface area (Å²) in [5.74, 6) is -0.191. The molecule has 1 aromatic carbocycles.